The van der Waals surface area contributed by atoms with Crippen molar-refractivity contribution in [2.24, 2.45) is 0 Å². The number of hydrogen-bond donors (Lipinski definition) is 1. The fraction of sp³-hybridized carbons (Fsp3) is 0.421. The molecule has 0 aromatic carbocycles. The molecule has 27 heavy (non-hydrogen) atoms. The monoisotopic (exact) mass is 389 g/mol. The first-order chi connectivity index (χ1) is 12.7. The summed E-state index contributed by atoms with van der Waals surface area (Å²) in [6.07, 6.45) is 0. The summed E-state index contributed by atoms with van der Waals surface area (Å²) in [7, 11) is 3.80. The van der Waals surface area contributed by atoms with E-state index in [1.54, 1.807) is 26.0 Å². The number of hydrogen-bond acceptors (Lipinski definition) is 7. The molecule has 3 rings (SSSR count). The Morgan fingerprint density at radius 3 is 2.56 bits per heavy atom. The molecule has 1 atom stereocenters. The highest BCUT2D eigenvalue weighted by Gasteiger charge is 2.45. The molecule has 144 valence electrons. The van der Waals surface area contributed by atoms with Gasteiger partial charge in [0.15, 0.2) is 5.76 Å². The van der Waals surface area contributed by atoms with Crippen LogP contribution in [0.4, 0.5) is 0 Å². The van der Waals surface area contributed by atoms with Gasteiger partial charge in [0, 0.05) is 13.1 Å². The van der Waals surface area contributed by atoms with Crippen molar-refractivity contribution in [1.29, 1.82) is 0 Å². The van der Waals surface area contributed by atoms with Crippen LogP contribution in [0, 0.1) is 20.8 Å². The number of carbonyl (C=O) groups excluding carboxylic acids is 2. The lowest BCUT2D eigenvalue weighted by Gasteiger charge is -2.26. The van der Waals surface area contributed by atoms with Gasteiger partial charge in [-0.25, -0.2) is 4.98 Å². The van der Waals surface area contributed by atoms with E-state index in [-0.39, 0.29) is 11.4 Å². The molecule has 0 saturated heterocycles. The Balaban J connectivity index is 2.07. The van der Waals surface area contributed by atoms with Gasteiger partial charge in [-0.15, -0.1) is 11.3 Å². The molecule has 0 spiro atoms. The Morgan fingerprint density at radius 1 is 1.33 bits per heavy atom. The van der Waals surface area contributed by atoms with Gasteiger partial charge in [-0.2, -0.15) is 0 Å². The fourth-order valence-corrected chi connectivity index (χ4v) is 4.06. The van der Waals surface area contributed by atoms with Crippen molar-refractivity contribution >= 4 is 23.0 Å². The summed E-state index contributed by atoms with van der Waals surface area (Å²) in [5.41, 5.74) is 0.649. The molecule has 0 saturated carbocycles. The topological polar surface area (TPSA) is 86.9 Å². The number of furan rings is 1. The third-order valence-electron chi connectivity index (χ3n) is 4.48. The summed E-state index contributed by atoms with van der Waals surface area (Å²) in [6, 6.07) is 2.77. The van der Waals surface area contributed by atoms with Gasteiger partial charge in [0.05, 0.1) is 21.2 Å². The second-order valence-corrected chi connectivity index (χ2v) is 8.09. The minimum Gasteiger partial charge on any atom is -0.503 e. The van der Waals surface area contributed by atoms with E-state index in [2.05, 4.69) is 4.98 Å². The SMILES string of the molecule is Cc1ccc([C@@H]2C(C(=O)c3sc(C)nc3C)=C(O)C(=O)N2CCN(C)C)o1. The highest BCUT2D eigenvalue weighted by atomic mass is 32.1. The number of aliphatic hydroxyl groups excluding tert-OH is 1. The molecular formula is C19H23N3O4S. The molecule has 1 N–H and O–H groups in total. The molecule has 0 bridgehead atoms. The Morgan fingerprint density at radius 2 is 2.04 bits per heavy atom. The molecule has 0 aliphatic carbocycles. The second kappa shape index (κ2) is 7.28. The minimum absolute atomic E-state index is 0.0554. The number of carbonyl (C=O) groups is 2. The zero-order valence-electron chi connectivity index (χ0n) is 16.1. The lowest BCUT2D eigenvalue weighted by molar-refractivity contribution is -0.129. The van der Waals surface area contributed by atoms with Crippen LogP contribution < -0.4 is 0 Å². The lowest BCUT2D eigenvalue weighted by Crippen LogP contribution is -2.36. The van der Waals surface area contributed by atoms with Crippen LogP contribution in [0.5, 0.6) is 0 Å². The number of Topliss-reactive ketones (excluding diaryl/α,β-unsaturated/α-hetero) is 1. The highest BCUT2D eigenvalue weighted by molar-refractivity contribution is 7.14. The van der Waals surface area contributed by atoms with Crippen molar-refractivity contribution in [2.75, 3.05) is 27.2 Å². The summed E-state index contributed by atoms with van der Waals surface area (Å²) < 4.78 is 5.74. The van der Waals surface area contributed by atoms with Gasteiger partial charge in [0.25, 0.3) is 5.91 Å². The normalized spacial score (nSPS) is 17.5. The first-order valence-electron chi connectivity index (χ1n) is 8.64. The van der Waals surface area contributed by atoms with Crippen molar-refractivity contribution in [3.05, 3.63) is 50.6 Å². The van der Waals surface area contributed by atoms with Gasteiger partial charge >= 0.3 is 0 Å². The second-order valence-electron chi connectivity index (χ2n) is 6.89. The Bertz CT molecular complexity index is 925. The number of aromatic nitrogens is 1. The van der Waals surface area contributed by atoms with Crippen LogP contribution >= 0.6 is 11.3 Å². The lowest BCUT2D eigenvalue weighted by atomic mass is 9.99. The van der Waals surface area contributed by atoms with Crippen LogP contribution in [0.1, 0.15) is 37.9 Å². The van der Waals surface area contributed by atoms with E-state index >= 15 is 0 Å². The Hall–Kier alpha value is -2.45. The Kier molecular flexibility index (Phi) is 5.21. The Labute approximate surface area is 161 Å². The molecule has 2 aromatic heterocycles. The number of nitrogens with zero attached hydrogens (tertiary/aromatic N) is 3. The molecule has 0 radical (unpaired) electrons. The molecule has 1 aliphatic heterocycles. The number of aliphatic hydroxyl groups is 1. The predicted octanol–water partition coefficient (Wildman–Crippen LogP) is 2.80. The predicted molar refractivity (Wildman–Crippen MR) is 102 cm³/mol. The van der Waals surface area contributed by atoms with E-state index in [1.165, 1.54) is 16.2 Å². The van der Waals surface area contributed by atoms with E-state index in [0.29, 0.717) is 35.2 Å². The third kappa shape index (κ3) is 3.54. The number of aryl methyl sites for hydroxylation is 3. The van der Waals surface area contributed by atoms with Crippen molar-refractivity contribution in [1.82, 2.24) is 14.8 Å². The van der Waals surface area contributed by atoms with Crippen LogP contribution in [-0.4, -0.2) is 58.8 Å². The van der Waals surface area contributed by atoms with E-state index < -0.39 is 17.7 Å². The minimum atomic E-state index is -0.750. The summed E-state index contributed by atoms with van der Waals surface area (Å²) in [5.74, 6) is -0.310. The molecule has 0 unspecified atom stereocenters. The van der Waals surface area contributed by atoms with Crippen molar-refractivity contribution < 1.29 is 19.1 Å². The number of rotatable bonds is 6. The van der Waals surface area contributed by atoms with Gasteiger partial charge in [0.2, 0.25) is 5.78 Å². The quantitative estimate of drug-likeness (QED) is 0.765. The van der Waals surface area contributed by atoms with Crippen molar-refractivity contribution in [3.63, 3.8) is 0 Å². The molecule has 2 aromatic rings. The zero-order valence-corrected chi connectivity index (χ0v) is 16.9. The van der Waals surface area contributed by atoms with Crippen LogP contribution in [0.3, 0.4) is 0 Å². The maximum atomic E-state index is 13.2. The van der Waals surface area contributed by atoms with Gasteiger partial charge in [-0.05, 0) is 47.0 Å². The fourth-order valence-electron chi connectivity index (χ4n) is 3.18. The summed E-state index contributed by atoms with van der Waals surface area (Å²) in [4.78, 5) is 34.1. The summed E-state index contributed by atoms with van der Waals surface area (Å²) in [5, 5.41) is 11.3. The molecule has 8 heteroatoms. The van der Waals surface area contributed by atoms with Gasteiger partial charge in [-0.3, -0.25) is 9.59 Å². The molecule has 7 nitrogen and oxygen atoms in total. The summed E-state index contributed by atoms with van der Waals surface area (Å²) in [6.45, 7) is 6.32. The van der Waals surface area contributed by atoms with Crippen LogP contribution in [0.25, 0.3) is 0 Å². The van der Waals surface area contributed by atoms with Gasteiger partial charge in [-0.1, -0.05) is 0 Å². The van der Waals surface area contributed by atoms with Crippen LogP contribution in [-0.2, 0) is 4.79 Å². The first-order valence-corrected chi connectivity index (χ1v) is 9.46. The maximum absolute atomic E-state index is 13.2. The van der Waals surface area contributed by atoms with E-state index in [4.69, 9.17) is 4.42 Å². The van der Waals surface area contributed by atoms with Crippen molar-refractivity contribution in [2.45, 2.75) is 26.8 Å². The third-order valence-corrected chi connectivity index (χ3v) is 5.55. The van der Waals surface area contributed by atoms with Crippen molar-refractivity contribution in [3.8, 4) is 0 Å². The largest absolute Gasteiger partial charge is 0.503 e. The molecule has 0 fully saturated rings. The highest BCUT2D eigenvalue weighted by Crippen LogP contribution is 2.40. The maximum Gasteiger partial charge on any atom is 0.290 e. The van der Waals surface area contributed by atoms with Gasteiger partial charge < -0.3 is 19.3 Å². The number of amides is 1. The van der Waals surface area contributed by atoms with E-state index in [1.807, 2.05) is 25.9 Å². The standard InChI is InChI=1S/C19H23N3O4S/c1-10-6-7-13(26-10)15-14(16(23)18-11(2)20-12(3)27-18)17(24)19(25)22(15)9-8-21(4)5/h6-7,15,24H,8-9H2,1-5H3/t15-/m1/s1. The van der Waals surface area contributed by atoms with E-state index in [9.17, 15) is 14.7 Å². The smallest absolute Gasteiger partial charge is 0.290 e. The number of thiazole rings is 1. The molecule has 1 amide bonds. The summed E-state index contributed by atoms with van der Waals surface area (Å²) >= 11 is 1.26. The van der Waals surface area contributed by atoms with Gasteiger partial charge in [0.1, 0.15) is 17.6 Å². The molecule has 3 heterocycles. The van der Waals surface area contributed by atoms with Crippen LogP contribution in [0.2, 0.25) is 0 Å². The number of likely N-dealkylation sites (N-methyl/N-ethyl adjacent to an activating group) is 1. The molecule has 1 aliphatic rings. The number of ketones is 1. The average molecular weight is 389 g/mol. The first kappa shape index (κ1) is 19.3. The average Bonchev–Trinajstić information content (AvgIpc) is 3.23. The van der Waals surface area contributed by atoms with Crippen LogP contribution in [0.15, 0.2) is 27.9 Å². The van der Waals surface area contributed by atoms with E-state index in [0.717, 1.165) is 5.01 Å². The zero-order chi connectivity index (χ0) is 19.9. The molecular weight excluding hydrogens is 366 g/mol.